The summed E-state index contributed by atoms with van der Waals surface area (Å²) < 4.78 is 0. The smallest absolute Gasteiger partial charge is 0.271 e. The zero-order chi connectivity index (χ0) is 20.3. The second-order valence-electron chi connectivity index (χ2n) is 5.50. The van der Waals surface area contributed by atoms with Crippen molar-refractivity contribution in [1.82, 2.24) is 4.98 Å². The van der Waals surface area contributed by atoms with Crippen LogP contribution in [0.15, 0.2) is 58.8 Å². The summed E-state index contributed by atoms with van der Waals surface area (Å²) in [6.45, 7) is 0. The standard InChI is InChI=1S/C18H10Cl2N6O2/c19-12-3-1-10(2-4-12)17-16(7-11(9-21)18(22)23-17)25-24-15-8-13(26(27)28)5-6-14(15)20/h1-8H,(H2,22,23). The molecule has 1 aromatic heterocycles. The van der Waals surface area contributed by atoms with Crippen molar-refractivity contribution in [2.75, 3.05) is 5.73 Å². The maximum atomic E-state index is 10.9. The number of hydrogen-bond donors (Lipinski definition) is 1. The number of aromatic nitrogens is 1. The van der Waals surface area contributed by atoms with Gasteiger partial charge in [0, 0.05) is 22.7 Å². The number of nitrogens with two attached hydrogens (primary N) is 1. The SMILES string of the molecule is N#Cc1cc(N=Nc2cc([N+](=O)[O-])ccc2Cl)c(-c2ccc(Cl)cc2)nc1N. The quantitative estimate of drug-likeness (QED) is 0.326. The molecule has 2 aromatic carbocycles. The van der Waals surface area contributed by atoms with E-state index in [1.165, 1.54) is 24.3 Å². The van der Waals surface area contributed by atoms with Crippen LogP contribution in [0.1, 0.15) is 5.56 Å². The van der Waals surface area contributed by atoms with Gasteiger partial charge in [0.1, 0.15) is 29.0 Å². The fourth-order valence-corrected chi connectivity index (χ4v) is 2.58. The van der Waals surface area contributed by atoms with Crippen molar-refractivity contribution in [2.45, 2.75) is 0 Å². The average molecular weight is 413 g/mol. The van der Waals surface area contributed by atoms with Crippen molar-refractivity contribution < 1.29 is 4.92 Å². The summed E-state index contributed by atoms with van der Waals surface area (Å²) in [4.78, 5) is 14.6. The van der Waals surface area contributed by atoms with Gasteiger partial charge in [-0.15, -0.1) is 10.2 Å². The lowest BCUT2D eigenvalue weighted by molar-refractivity contribution is -0.384. The molecule has 0 fully saturated rings. The van der Waals surface area contributed by atoms with E-state index in [1.807, 2.05) is 6.07 Å². The molecule has 0 aliphatic heterocycles. The summed E-state index contributed by atoms with van der Waals surface area (Å²) in [6.07, 6.45) is 0. The monoisotopic (exact) mass is 412 g/mol. The Morgan fingerprint density at radius 3 is 2.39 bits per heavy atom. The lowest BCUT2D eigenvalue weighted by Gasteiger charge is -2.07. The molecule has 10 heteroatoms. The van der Waals surface area contributed by atoms with Crippen LogP contribution < -0.4 is 5.73 Å². The predicted molar refractivity (Wildman–Crippen MR) is 106 cm³/mol. The van der Waals surface area contributed by atoms with Crippen molar-refractivity contribution in [3.8, 4) is 17.3 Å². The van der Waals surface area contributed by atoms with Gasteiger partial charge >= 0.3 is 0 Å². The molecule has 138 valence electrons. The third-order valence-electron chi connectivity index (χ3n) is 3.68. The summed E-state index contributed by atoms with van der Waals surface area (Å²) >= 11 is 12.0. The lowest BCUT2D eigenvalue weighted by atomic mass is 10.1. The first kappa shape index (κ1) is 19.2. The van der Waals surface area contributed by atoms with Crippen molar-refractivity contribution >= 4 is 46.1 Å². The van der Waals surface area contributed by atoms with Crippen molar-refractivity contribution in [3.63, 3.8) is 0 Å². The van der Waals surface area contributed by atoms with E-state index in [-0.39, 0.29) is 33.5 Å². The molecule has 0 aliphatic rings. The van der Waals surface area contributed by atoms with Gasteiger partial charge in [0.25, 0.3) is 5.69 Å². The van der Waals surface area contributed by atoms with Crippen LogP contribution in [0.25, 0.3) is 11.3 Å². The first-order valence-corrected chi connectivity index (χ1v) is 8.47. The van der Waals surface area contributed by atoms with Gasteiger partial charge in [-0.2, -0.15) is 5.26 Å². The molecule has 0 spiro atoms. The fraction of sp³-hybridized carbons (Fsp3) is 0. The molecule has 0 saturated heterocycles. The maximum Gasteiger partial charge on any atom is 0.271 e. The van der Waals surface area contributed by atoms with Crippen molar-refractivity contribution in [2.24, 2.45) is 10.2 Å². The Morgan fingerprint density at radius 2 is 1.75 bits per heavy atom. The topological polar surface area (TPSA) is 131 Å². The number of hydrogen-bond acceptors (Lipinski definition) is 7. The number of benzene rings is 2. The molecule has 1 heterocycles. The highest BCUT2D eigenvalue weighted by atomic mass is 35.5. The van der Waals surface area contributed by atoms with Gasteiger partial charge < -0.3 is 5.73 Å². The van der Waals surface area contributed by atoms with Crippen LogP contribution in [0, 0.1) is 21.4 Å². The molecule has 8 nitrogen and oxygen atoms in total. The Hall–Kier alpha value is -3.54. The van der Waals surface area contributed by atoms with Gasteiger partial charge in [0.2, 0.25) is 0 Å². The zero-order valence-electron chi connectivity index (χ0n) is 14.0. The number of pyridine rings is 1. The van der Waals surface area contributed by atoms with Gasteiger partial charge in [-0.05, 0) is 24.3 Å². The van der Waals surface area contributed by atoms with Crippen LogP contribution in [0.3, 0.4) is 0 Å². The number of nitrogens with zero attached hydrogens (tertiary/aromatic N) is 5. The predicted octanol–water partition coefficient (Wildman–Crippen LogP) is 5.83. The summed E-state index contributed by atoms with van der Waals surface area (Å²) in [7, 11) is 0. The highest BCUT2D eigenvalue weighted by molar-refractivity contribution is 6.33. The number of nitro benzene ring substituents is 1. The zero-order valence-corrected chi connectivity index (χ0v) is 15.5. The fourth-order valence-electron chi connectivity index (χ4n) is 2.30. The number of halogens is 2. The van der Waals surface area contributed by atoms with E-state index in [9.17, 15) is 15.4 Å². The molecule has 0 radical (unpaired) electrons. The molecule has 3 rings (SSSR count). The van der Waals surface area contributed by atoms with Gasteiger partial charge in [0.05, 0.1) is 15.5 Å². The van der Waals surface area contributed by atoms with E-state index in [0.29, 0.717) is 16.3 Å². The van der Waals surface area contributed by atoms with Crippen LogP contribution in [0.4, 0.5) is 22.9 Å². The van der Waals surface area contributed by atoms with E-state index in [4.69, 9.17) is 28.9 Å². The van der Waals surface area contributed by atoms with Gasteiger partial charge in [-0.25, -0.2) is 4.98 Å². The molecule has 0 atom stereocenters. The lowest BCUT2D eigenvalue weighted by Crippen LogP contribution is -1.97. The summed E-state index contributed by atoms with van der Waals surface area (Å²) in [5.74, 6) is 0.0415. The normalized spacial score (nSPS) is 10.8. The highest BCUT2D eigenvalue weighted by Gasteiger charge is 2.13. The number of nitriles is 1. The largest absolute Gasteiger partial charge is 0.383 e. The molecule has 0 aliphatic carbocycles. The third-order valence-corrected chi connectivity index (χ3v) is 4.25. The second kappa shape index (κ2) is 8.00. The Kier molecular flexibility index (Phi) is 5.49. The highest BCUT2D eigenvalue weighted by Crippen LogP contribution is 2.35. The number of non-ortho nitro benzene ring substituents is 1. The molecular formula is C18H10Cl2N6O2. The molecule has 0 amide bonds. The van der Waals surface area contributed by atoms with Crippen LogP contribution in [0.5, 0.6) is 0 Å². The maximum absolute atomic E-state index is 10.9. The number of nitro groups is 1. The second-order valence-corrected chi connectivity index (χ2v) is 6.34. The molecule has 28 heavy (non-hydrogen) atoms. The van der Waals surface area contributed by atoms with E-state index >= 15 is 0 Å². The average Bonchev–Trinajstić information content (AvgIpc) is 2.68. The number of anilines is 1. The summed E-state index contributed by atoms with van der Waals surface area (Å²) in [5, 5.41) is 29.0. The first-order valence-electron chi connectivity index (χ1n) is 7.71. The minimum atomic E-state index is -0.562. The molecule has 0 saturated carbocycles. The van der Waals surface area contributed by atoms with E-state index in [0.717, 1.165) is 0 Å². The van der Waals surface area contributed by atoms with Gasteiger partial charge in [0.15, 0.2) is 0 Å². The van der Waals surface area contributed by atoms with Crippen LogP contribution in [0.2, 0.25) is 10.0 Å². The van der Waals surface area contributed by atoms with Gasteiger partial charge in [-0.3, -0.25) is 10.1 Å². The van der Waals surface area contributed by atoms with E-state index in [2.05, 4.69) is 15.2 Å². The third kappa shape index (κ3) is 4.06. The first-order chi connectivity index (χ1) is 13.4. The Bertz CT molecular complexity index is 1140. The number of azo groups is 1. The number of nitrogen functional groups attached to an aromatic ring is 1. The Labute approximate surface area is 169 Å². The van der Waals surface area contributed by atoms with Crippen LogP contribution >= 0.6 is 23.2 Å². The molecule has 2 N–H and O–H groups in total. The van der Waals surface area contributed by atoms with Gasteiger partial charge in [-0.1, -0.05) is 35.3 Å². The van der Waals surface area contributed by atoms with Crippen molar-refractivity contribution in [1.29, 1.82) is 5.26 Å². The Balaban J connectivity index is 2.12. The minimum Gasteiger partial charge on any atom is -0.383 e. The van der Waals surface area contributed by atoms with Crippen molar-refractivity contribution in [3.05, 3.63) is 74.3 Å². The Morgan fingerprint density at radius 1 is 1.07 bits per heavy atom. The molecule has 0 unspecified atom stereocenters. The molecular weight excluding hydrogens is 403 g/mol. The minimum absolute atomic E-state index is 0.0415. The van der Waals surface area contributed by atoms with E-state index in [1.54, 1.807) is 24.3 Å². The summed E-state index contributed by atoms with van der Waals surface area (Å²) in [5.41, 5.74) is 7.15. The number of rotatable bonds is 4. The summed E-state index contributed by atoms with van der Waals surface area (Å²) in [6, 6.07) is 14.0. The van der Waals surface area contributed by atoms with Crippen LogP contribution in [-0.4, -0.2) is 9.91 Å². The molecule has 3 aromatic rings. The molecule has 0 bridgehead atoms. The van der Waals surface area contributed by atoms with Crippen LogP contribution in [-0.2, 0) is 0 Å². The van der Waals surface area contributed by atoms with E-state index < -0.39 is 4.92 Å².